The molecule has 0 saturated carbocycles. The maximum Gasteiger partial charge on any atom is 0.231 e. The lowest BCUT2D eigenvalue weighted by molar-refractivity contribution is 0.444. The van der Waals surface area contributed by atoms with Gasteiger partial charge in [0.05, 0.1) is 5.69 Å². The molecule has 0 amide bonds. The second kappa shape index (κ2) is 2.80. The average Bonchev–Trinajstić information content (AvgIpc) is 2.40. The van der Waals surface area contributed by atoms with Crippen molar-refractivity contribution in [3.05, 3.63) is 23.0 Å². The highest BCUT2D eigenvalue weighted by Gasteiger charge is 2.23. The Morgan fingerprint density at radius 1 is 1.57 bits per heavy atom. The smallest absolute Gasteiger partial charge is 0.231 e. The largest absolute Gasteiger partial charge is 0.492 e. The second-order valence-electron chi connectivity index (χ2n) is 3.26. The van der Waals surface area contributed by atoms with Crippen molar-refractivity contribution in [2.45, 2.75) is 13.3 Å². The highest BCUT2D eigenvalue weighted by molar-refractivity contribution is 6.23. The van der Waals surface area contributed by atoms with Crippen LogP contribution in [0.3, 0.4) is 0 Å². The number of nitrogens with two attached hydrogens (primary N) is 1. The Kier molecular flexibility index (Phi) is 1.73. The number of hydrogen-bond donors (Lipinski definition) is 3. The molecule has 2 rings (SSSR count). The summed E-state index contributed by atoms with van der Waals surface area (Å²) in [6.45, 7) is 1.66. The summed E-state index contributed by atoms with van der Waals surface area (Å²) in [6, 6.07) is 1.50. The minimum Gasteiger partial charge on any atom is -0.492 e. The Hall–Kier alpha value is -1.91. The summed E-state index contributed by atoms with van der Waals surface area (Å²) < 4.78 is 0. The quantitative estimate of drug-likeness (QED) is 0.560. The maximum atomic E-state index is 9.17. The Morgan fingerprint density at radius 2 is 2.29 bits per heavy atom. The molecule has 0 bridgehead atoms. The number of nitrogens with one attached hydrogen (secondary N) is 1. The molecule has 0 saturated heterocycles. The topological polar surface area (TPSA) is 95.9 Å². The first-order valence-electron chi connectivity index (χ1n) is 4.19. The lowest BCUT2D eigenvalue weighted by atomic mass is 10.1. The molecule has 0 atom stereocenters. The third-order valence-electron chi connectivity index (χ3n) is 2.18. The number of hydrogen-bond acceptors (Lipinski definition) is 5. The predicted octanol–water partition coefficient (Wildman–Crippen LogP) is 0.448. The van der Waals surface area contributed by atoms with E-state index in [-0.39, 0.29) is 5.88 Å². The molecule has 0 fully saturated rings. The van der Waals surface area contributed by atoms with Crippen LogP contribution in [0.4, 0.5) is 0 Å². The standard InChI is InChI=1S/C9H10N4O/c1-4(10)9-5-2-8(14)13-12-7(5)3-6(9)11/h2,10H,3,11H2,1H3,(H,13,14). The van der Waals surface area contributed by atoms with E-state index in [0.29, 0.717) is 23.4 Å². The van der Waals surface area contributed by atoms with Crippen molar-refractivity contribution < 1.29 is 5.11 Å². The Morgan fingerprint density at radius 3 is 2.93 bits per heavy atom. The van der Waals surface area contributed by atoms with Gasteiger partial charge in [-0.1, -0.05) is 0 Å². The number of aromatic nitrogens is 2. The number of nitrogens with zero attached hydrogens (tertiary/aromatic N) is 2. The van der Waals surface area contributed by atoms with Crippen LogP contribution in [0.25, 0.3) is 5.57 Å². The number of fused-ring (bicyclic) bond motifs is 1. The molecule has 4 N–H and O–H groups in total. The van der Waals surface area contributed by atoms with Crippen molar-refractivity contribution in [3.8, 4) is 5.88 Å². The normalized spacial score (nSPS) is 14.4. The van der Waals surface area contributed by atoms with Crippen molar-refractivity contribution >= 4 is 11.3 Å². The molecule has 0 aromatic carbocycles. The highest BCUT2D eigenvalue weighted by Crippen LogP contribution is 2.30. The molecule has 0 radical (unpaired) electrons. The van der Waals surface area contributed by atoms with Crippen molar-refractivity contribution in [2.75, 3.05) is 0 Å². The van der Waals surface area contributed by atoms with Gasteiger partial charge in [0.2, 0.25) is 5.88 Å². The van der Waals surface area contributed by atoms with Crippen molar-refractivity contribution in [2.24, 2.45) is 5.73 Å². The summed E-state index contributed by atoms with van der Waals surface area (Å²) in [5.41, 5.74) is 8.89. The summed E-state index contributed by atoms with van der Waals surface area (Å²) in [7, 11) is 0. The second-order valence-corrected chi connectivity index (χ2v) is 3.26. The average molecular weight is 190 g/mol. The Labute approximate surface area is 80.8 Å². The third-order valence-corrected chi connectivity index (χ3v) is 2.18. The first-order chi connectivity index (χ1) is 6.59. The van der Waals surface area contributed by atoms with E-state index in [0.717, 1.165) is 11.3 Å². The van der Waals surface area contributed by atoms with Gasteiger partial charge in [-0.05, 0) is 6.92 Å². The van der Waals surface area contributed by atoms with Gasteiger partial charge in [0.25, 0.3) is 0 Å². The molecule has 0 unspecified atom stereocenters. The zero-order valence-corrected chi connectivity index (χ0v) is 7.70. The van der Waals surface area contributed by atoms with E-state index in [1.807, 2.05) is 0 Å². The van der Waals surface area contributed by atoms with Crippen molar-refractivity contribution in [1.29, 1.82) is 5.41 Å². The summed E-state index contributed by atoms with van der Waals surface area (Å²) in [5.74, 6) is -0.141. The molecule has 1 aliphatic carbocycles. The fraction of sp³-hybridized carbons (Fsp3) is 0.222. The van der Waals surface area contributed by atoms with Crippen LogP contribution in [0.5, 0.6) is 5.88 Å². The highest BCUT2D eigenvalue weighted by atomic mass is 16.3. The monoisotopic (exact) mass is 190 g/mol. The molecule has 72 valence electrons. The van der Waals surface area contributed by atoms with E-state index < -0.39 is 0 Å². The third kappa shape index (κ3) is 1.14. The number of allylic oxidation sites excluding steroid dienone is 2. The minimum absolute atomic E-state index is 0.141. The van der Waals surface area contributed by atoms with Gasteiger partial charge in [-0.3, -0.25) is 0 Å². The van der Waals surface area contributed by atoms with Gasteiger partial charge in [0.1, 0.15) is 0 Å². The predicted molar refractivity (Wildman–Crippen MR) is 51.9 cm³/mol. The fourth-order valence-corrected chi connectivity index (χ4v) is 1.64. The van der Waals surface area contributed by atoms with Crippen molar-refractivity contribution in [3.63, 3.8) is 0 Å². The van der Waals surface area contributed by atoms with Gasteiger partial charge in [-0.25, -0.2) is 0 Å². The van der Waals surface area contributed by atoms with Crippen LogP contribution in [0.15, 0.2) is 11.8 Å². The molecule has 0 spiro atoms. The molecule has 1 aromatic rings. The molecule has 14 heavy (non-hydrogen) atoms. The Bertz CT molecular complexity index is 450. The van der Waals surface area contributed by atoms with Crippen LogP contribution < -0.4 is 5.73 Å². The van der Waals surface area contributed by atoms with Crippen LogP contribution >= 0.6 is 0 Å². The molecule has 1 heterocycles. The molecule has 1 aromatic heterocycles. The van der Waals surface area contributed by atoms with Gasteiger partial charge in [0, 0.05) is 35.0 Å². The van der Waals surface area contributed by atoms with E-state index in [1.54, 1.807) is 6.92 Å². The lowest BCUT2D eigenvalue weighted by Gasteiger charge is -2.02. The maximum absolute atomic E-state index is 9.17. The number of rotatable bonds is 1. The summed E-state index contributed by atoms with van der Waals surface area (Å²) in [6.07, 6.45) is 0.508. The molecule has 5 heteroatoms. The summed E-state index contributed by atoms with van der Waals surface area (Å²) >= 11 is 0. The summed E-state index contributed by atoms with van der Waals surface area (Å²) in [4.78, 5) is 0. The van der Waals surface area contributed by atoms with Crippen molar-refractivity contribution in [1.82, 2.24) is 10.2 Å². The van der Waals surface area contributed by atoms with Gasteiger partial charge in [-0.2, -0.15) is 5.10 Å². The van der Waals surface area contributed by atoms with Crippen LogP contribution in [-0.4, -0.2) is 21.0 Å². The van der Waals surface area contributed by atoms with Gasteiger partial charge in [-0.15, -0.1) is 5.10 Å². The minimum atomic E-state index is -0.141. The van der Waals surface area contributed by atoms with Gasteiger partial charge >= 0.3 is 0 Å². The zero-order valence-electron chi connectivity index (χ0n) is 7.70. The molecular weight excluding hydrogens is 180 g/mol. The molecule has 5 nitrogen and oxygen atoms in total. The van der Waals surface area contributed by atoms with Crippen LogP contribution in [0.2, 0.25) is 0 Å². The lowest BCUT2D eigenvalue weighted by Crippen LogP contribution is -2.02. The van der Waals surface area contributed by atoms with Crippen LogP contribution in [0.1, 0.15) is 18.2 Å². The molecular formula is C9H10N4O. The zero-order chi connectivity index (χ0) is 10.3. The molecule has 1 aliphatic rings. The SMILES string of the molecule is CC(=N)C1=C(N)Cc2nnc(O)cc21. The number of aromatic hydroxyl groups is 1. The van der Waals surface area contributed by atoms with Crippen LogP contribution in [0, 0.1) is 5.41 Å². The fourth-order valence-electron chi connectivity index (χ4n) is 1.64. The van der Waals surface area contributed by atoms with E-state index in [9.17, 15) is 5.11 Å². The van der Waals surface area contributed by atoms with E-state index >= 15 is 0 Å². The van der Waals surface area contributed by atoms with Gasteiger partial charge in [0.15, 0.2) is 0 Å². The molecule has 0 aliphatic heterocycles. The first kappa shape index (κ1) is 8.68. The van der Waals surface area contributed by atoms with E-state index in [1.165, 1.54) is 6.07 Å². The summed E-state index contributed by atoms with van der Waals surface area (Å²) in [5, 5.41) is 24.1. The van der Waals surface area contributed by atoms with Gasteiger partial charge < -0.3 is 16.2 Å². The van der Waals surface area contributed by atoms with Crippen LogP contribution in [-0.2, 0) is 6.42 Å². The van der Waals surface area contributed by atoms with E-state index in [4.69, 9.17) is 11.1 Å². The first-order valence-corrected chi connectivity index (χ1v) is 4.19. The van der Waals surface area contributed by atoms with E-state index in [2.05, 4.69) is 10.2 Å². The Balaban J connectivity index is 2.61.